The fraction of sp³-hybridized carbons (Fsp3) is 0.222. The van der Waals surface area contributed by atoms with Crippen LogP contribution in [-0.2, 0) is 23.9 Å². The van der Waals surface area contributed by atoms with Crippen molar-refractivity contribution in [2.45, 2.75) is 25.2 Å². The first kappa shape index (κ1) is 20.4. The Morgan fingerprint density at radius 3 is 2.22 bits per heavy atom. The molecule has 9 heteroatoms. The molecule has 0 aliphatic carbocycles. The minimum atomic E-state index is -4.69. The van der Waals surface area contributed by atoms with E-state index >= 15 is 0 Å². The molecule has 1 atom stereocenters. The summed E-state index contributed by atoms with van der Waals surface area (Å²) < 4.78 is 39.8. The van der Waals surface area contributed by atoms with E-state index in [4.69, 9.17) is 21.7 Å². The van der Waals surface area contributed by atoms with Crippen molar-refractivity contribution in [2.24, 2.45) is 11.5 Å². The molecule has 0 saturated heterocycles. The number of aromatic carboxylic acids is 1. The van der Waals surface area contributed by atoms with Crippen LogP contribution in [0, 0.1) is 0 Å². The van der Waals surface area contributed by atoms with Crippen LogP contribution in [0.3, 0.4) is 0 Å². The number of hydrogen-bond donors (Lipinski definition) is 4. The normalized spacial score (nSPS) is 12.6. The third-order valence-electron chi connectivity index (χ3n) is 4.06. The molecule has 0 aromatic heterocycles. The van der Waals surface area contributed by atoms with Gasteiger partial charge in [0.05, 0.1) is 11.1 Å². The largest absolute Gasteiger partial charge is 0.480 e. The van der Waals surface area contributed by atoms with Gasteiger partial charge in [-0.05, 0) is 46.9 Å². The average Bonchev–Trinajstić information content (AvgIpc) is 2.59. The SMILES string of the molecule is NCc1ccc(C(=O)O)cc1-c1ccc(C(F)(F)F)c(C[C@H](N)C(=O)O)c1. The highest BCUT2D eigenvalue weighted by Gasteiger charge is 2.34. The van der Waals surface area contributed by atoms with Crippen molar-refractivity contribution in [1.82, 2.24) is 0 Å². The molecule has 0 aliphatic heterocycles. The first-order chi connectivity index (χ1) is 12.5. The van der Waals surface area contributed by atoms with E-state index in [1.807, 2.05) is 0 Å². The quantitative estimate of drug-likeness (QED) is 0.608. The van der Waals surface area contributed by atoms with E-state index in [1.165, 1.54) is 30.3 Å². The molecule has 144 valence electrons. The number of benzene rings is 2. The topological polar surface area (TPSA) is 127 Å². The molecule has 2 rings (SSSR count). The molecule has 27 heavy (non-hydrogen) atoms. The Hall–Kier alpha value is -2.91. The molecular formula is C18H17F3N2O4. The zero-order valence-corrected chi connectivity index (χ0v) is 14.0. The average molecular weight is 382 g/mol. The number of alkyl halides is 3. The van der Waals surface area contributed by atoms with Gasteiger partial charge in [0.15, 0.2) is 0 Å². The molecule has 0 aliphatic rings. The van der Waals surface area contributed by atoms with E-state index in [0.717, 1.165) is 6.07 Å². The fourth-order valence-corrected chi connectivity index (χ4v) is 2.69. The van der Waals surface area contributed by atoms with Crippen LogP contribution in [0.5, 0.6) is 0 Å². The maximum Gasteiger partial charge on any atom is 0.416 e. The molecule has 0 heterocycles. The molecule has 6 nitrogen and oxygen atoms in total. The summed E-state index contributed by atoms with van der Waals surface area (Å²) in [5.41, 5.74) is 10.9. The van der Waals surface area contributed by atoms with E-state index in [-0.39, 0.29) is 17.7 Å². The van der Waals surface area contributed by atoms with Gasteiger partial charge < -0.3 is 21.7 Å². The Bertz CT molecular complexity index is 881. The second-order valence-electron chi connectivity index (χ2n) is 5.90. The van der Waals surface area contributed by atoms with Gasteiger partial charge in [-0.25, -0.2) is 4.79 Å². The van der Waals surface area contributed by atoms with Gasteiger partial charge in [0.2, 0.25) is 0 Å². The molecule has 0 bridgehead atoms. The van der Waals surface area contributed by atoms with Gasteiger partial charge in [0.1, 0.15) is 6.04 Å². The van der Waals surface area contributed by atoms with Crippen molar-refractivity contribution < 1.29 is 33.0 Å². The Kier molecular flexibility index (Phi) is 5.87. The lowest BCUT2D eigenvalue weighted by Gasteiger charge is -2.17. The van der Waals surface area contributed by atoms with Crippen LogP contribution >= 0.6 is 0 Å². The first-order valence-corrected chi connectivity index (χ1v) is 7.79. The van der Waals surface area contributed by atoms with Gasteiger partial charge in [0, 0.05) is 6.54 Å². The Morgan fingerprint density at radius 2 is 1.70 bits per heavy atom. The molecule has 2 aromatic rings. The van der Waals surface area contributed by atoms with Crippen LogP contribution in [-0.4, -0.2) is 28.2 Å². The summed E-state index contributed by atoms with van der Waals surface area (Å²) in [7, 11) is 0. The molecule has 0 spiro atoms. The van der Waals surface area contributed by atoms with E-state index < -0.39 is 36.1 Å². The number of aliphatic carboxylic acids is 1. The highest BCUT2D eigenvalue weighted by molar-refractivity contribution is 5.90. The minimum absolute atomic E-state index is 0.0419. The van der Waals surface area contributed by atoms with Gasteiger partial charge in [-0.2, -0.15) is 13.2 Å². The van der Waals surface area contributed by atoms with Crippen LogP contribution < -0.4 is 11.5 Å². The van der Waals surface area contributed by atoms with Crippen molar-refractivity contribution in [1.29, 1.82) is 0 Å². The number of carboxylic acids is 2. The summed E-state index contributed by atoms with van der Waals surface area (Å²) in [4.78, 5) is 22.1. The van der Waals surface area contributed by atoms with Crippen molar-refractivity contribution in [3.63, 3.8) is 0 Å². The lowest BCUT2D eigenvalue weighted by molar-refractivity contribution is -0.140. The van der Waals surface area contributed by atoms with Gasteiger partial charge in [-0.3, -0.25) is 4.79 Å². The minimum Gasteiger partial charge on any atom is -0.480 e. The number of nitrogens with two attached hydrogens (primary N) is 2. The number of halogens is 3. The van der Waals surface area contributed by atoms with E-state index in [2.05, 4.69) is 0 Å². The monoisotopic (exact) mass is 382 g/mol. The molecule has 0 fully saturated rings. The summed E-state index contributed by atoms with van der Waals surface area (Å²) in [5.74, 6) is -2.62. The lowest BCUT2D eigenvalue weighted by atomic mass is 9.92. The van der Waals surface area contributed by atoms with E-state index in [1.54, 1.807) is 0 Å². The van der Waals surface area contributed by atoms with Gasteiger partial charge in [-0.15, -0.1) is 0 Å². The molecule has 0 unspecified atom stereocenters. The smallest absolute Gasteiger partial charge is 0.416 e. The summed E-state index contributed by atoms with van der Waals surface area (Å²) in [6, 6.07) is 5.82. The second kappa shape index (κ2) is 7.77. The Labute approximate surface area is 152 Å². The van der Waals surface area contributed by atoms with Crippen molar-refractivity contribution in [2.75, 3.05) is 0 Å². The molecule has 6 N–H and O–H groups in total. The third kappa shape index (κ3) is 4.63. The number of hydrogen-bond acceptors (Lipinski definition) is 4. The molecule has 0 radical (unpaired) electrons. The molecule has 2 aromatic carbocycles. The van der Waals surface area contributed by atoms with Crippen LogP contribution in [0.4, 0.5) is 13.2 Å². The highest BCUT2D eigenvalue weighted by atomic mass is 19.4. The van der Waals surface area contributed by atoms with E-state index in [9.17, 15) is 22.8 Å². The van der Waals surface area contributed by atoms with Crippen LogP contribution in [0.25, 0.3) is 11.1 Å². The van der Waals surface area contributed by atoms with Gasteiger partial charge in [0.25, 0.3) is 0 Å². The fourth-order valence-electron chi connectivity index (χ4n) is 2.69. The zero-order valence-electron chi connectivity index (χ0n) is 14.0. The van der Waals surface area contributed by atoms with Gasteiger partial charge in [-0.1, -0.05) is 18.2 Å². The Balaban J connectivity index is 2.64. The molecule has 0 amide bonds. The van der Waals surface area contributed by atoms with Crippen LogP contribution in [0.15, 0.2) is 36.4 Å². The standard InChI is InChI=1S/C18H17F3N2O4/c19-18(20,21)14-4-3-9(5-12(14)7-15(23)17(26)27)13-6-10(16(24)25)1-2-11(13)8-22/h1-6,15H,7-8,22-23H2,(H,24,25)(H,26,27)/t15-/m0/s1. The maximum atomic E-state index is 13.3. The Morgan fingerprint density at radius 1 is 1.04 bits per heavy atom. The van der Waals surface area contributed by atoms with Crippen molar-refractivity contribution in [3.05, 3.63) is 58.7 Å². The predicted molar refractivity (Wildman–Crippen MR) is 91.0 cm³/mol. The van der Waals surface area contributed by atoms with Crippen molar-refractivity contribution in [3.8, 4) is 11.1 Å². The number of carbonyl (C=O) groups is 2. The zero-order chi connectivity index (χ0) is 20.4. The summed E-state index contributed by atoms with van der Waals surface area (Å²) >= 11 is 0. The van der Waals surface area contributed by atoms with Gasteiger partial charge >= 0.3 is 18.1 Å². The second-order valence-corrected chi connectivity index (χ2v) is 5.90. The maximum absolute atomic E-state index is 13.3. The summed E-state index contributed by atoms with van der Waals surface area (Å²) in [5, 5.41) is 18.1. The molecule has 0 saturated carbocycles. The predicted octanol–water partition coefficient (Wildman–Crippen LogP) is 2.48. The van der Waals surface area contributed by atoms with Crippen LogP contribution in [0.1, 0.15) is 27.0 Å². The number of carboxylic acid groups (broad SMARTS) is 2. The number of rotatable bonds is 6. The highest BCUT2D eigenvalue weighted by Crippen LogP contribution is 2.36. The first-order valence-electron chi connectivity index (χ1n) is 7.79. The lowest BCUT2D eigenvalue weighted by Crippen LogP contribution is -2.33. The summed E-state index contributed by atoms with van der Waals surface area (Å²) in [6.45, 7) is 0.0419. The third-order valence-corrected chi connectivity index (χ3v) is 4.06. The van der Waals surface area contributed by atoms with Crippen molar-refractivity contribution >= 4 is 11.9 Å². The summed E-state index contributed by atoms with van der Waals surface area (Å²) in [6.07, 6.45) is -5.22. The van der Waals surface area contributed by atoms with Crippen LogP contribution in [0.2, 0.25) is 0 Å². The van der Waals surface area contributed by atoms with E-state index in [0.29, 0.717) is 16.7 Å². The molecular weight excluding hydrogens is 365 g/mol.